The fourth-order valence-electron chi connectivity index (χ4n) is 11.2. The molecule has 0 radical (unpaired) electrons. The molecule has 2 aromatic carbocycles. The summed E-state index contributed by atoms with van der Waals surface area (Å²) < 4.78 is 28.3. The highest BCUT2D eigenvalue weighted by Crippen LogP contribution is 2.32. The van der Waals surface area contributed by atoms with Gasteiger partial charge in [-0.25, -0.2) is 0 Å². The molecule has 6 heterocycles. The Labute approximate surface area is 527 Å². The third kappa shape index (κ3) is 15.9. The molecule has 0 saturated carbocycles. The molecule has 38 heteroatoms. The number of aliphatic hydroxyl groups excluding tert-OH is 14. The van der Waals surface area contributed by atoms with Crippen molar-refractivity contribution in [2.24, 2.45) is 21.5 Å². The first-order valence-electron chi connectivity index (χ1n) is 29.0. The van der Waals surface area contributed by atoms with Gasteiger partial charge < -0.3 is 149 Å². The predicted molar refractivity (Wildman–Crippen MR) is 308 cm³/mol. The molecule has 4 fully saturated rings. The molecule has 25 N–H and O–H groups in total. The number of guanidine groups is 2. The molecule has 92 heavy (non-hydrogen) atoms. The molecule has 0 aliphatic carbocycles. The predicted octanol–water partition coefficient (Wildman–Crippen LogP) is -13.0. The number of aliphatic imine (C=N–C) groups is 2. The van der Waals surface area contributed by atoms with E-state index in [9.17, 15) is 90.7 Å². The maximum Gasteiger partial charge on any atom is 0.246 e. The Morgan fingerprint density at radius 1 is 0.587 bits per heavy atom. The number of hydrogen-bond donors (Lipinski definition) is 23. The van der Waals surface area contributed by atoms with Gasteiger partial charge >= 0.3 is 0 Å². The number of carbonyl (C=O) groups excluding carboxylic acids is 6. The van der Waals surface area contributed by atoms with Crippen molar-refractivity contribution in [1.82, 2.24) is 42.1 Å². The summed E-state index contributed by atoms with van der Waals surface area (Å²) in [7, 11) is 0. The van der Waals surface area contributed by atoms with Crippen molar-refractivity contribution < 1.29 is 124 Å². The Bertz CT molecular complexity index is 2960. The van der Waals surface area contributed by atoms with Gasteiger partial charge in [0.2, 0.25) is 41.7 Å². The number of hydrogen-bond acceptors (Lipinski definition) is 31. The number of amides is 6. The van der Waals surface area contributed by atoms with Crippen molar-refractivity contribution in [2.75, 3.05) is 46.1 Å². The van der Waals surface area contributed by atoms with E-state index in [-0.39, 0.29) is 23.8 Å². The summed E-state index contributed by atoms with van der Waals surface area (Å²) in [4.78, 5) is 96.2. The highest BCUT2D eigenvalue weighted by Gasteiger charge is 2.54. The summed E-state index contributed by atoms with van der Waals surface area (Å²) >= 11 is 6.18. The van der Waals surface area contributed by atoms with E-state index in [1.54, 1.807) is 12.1 Å². The minimum absolute atomic E-state index is 0.0838. The summed E-state index contributed by atoms with van der Waals surface area (Å²) in [6.45, 7) is -4.07. The molecule has 6 aliphatic rings. The Hall–Kier alpha value is -6.83. The van der Waals surface area contributed by atoms with Gasteiger partial charge in [-0.2, -0.15) is 0 Å². The normalized spacial score (nSPS) is 37.3. The van der Waals surface area contributed by atoms with E-state index < -0.39 is 240 Å². The lowest BCUT2D eigenvalue weighted by Gasteiger charge is -2.46. The van der Waals surface area contributed by atoms with Gasteiger partial charge in [-0.15, -0.1) is 0 Å². The van der Waals surface area contributed by atoms with E-state index in [1.807, 2.05) is 0 Å². The number of nitrogens with zero attached hydrogens (tertiary/aromatic N) is 3. The van der Waals surface area contributed by atoms with Crippen molar-refractivity contribution in [1.29, 1.82) is 0 Å². The molecule has 25 atom stereocenters. The van der Waals surface area contributed by atoms with Gasteiger partial charge in [0.15, 0.2) is 24.4 Å². The maximum absolute atomic E-state index is 15.1. The Balaban J connectivity index is 1.11. The molecular weight excluding hydrogens is 1250 g/mol. The van der Waals surface area contributed by atoms with Crippen LogP contribution in [-0.4, -0.2) is 316 Å². The van der Waals surface area contributed by atoms with Crippen LogP contribution in [-0.2, 0) is 54.1 Å². The first-order valence-corrected chi connectivity index (χ1v) is 29.4. The van der Waals surface area contributed by atoms with Gasteiger partial charge in [0.05, 0.1) is 58.1 Å². The van der Waals surface area contributed by atoms with E-state index in [4.69, 9.17) is 46.8 Å². The Morgan fingerprint density at radius 3 is 1.77 bits per heavy atom. The van der Waals surface area contributed by atoms with Crippen LogP contribution in [0.25, 0.3) is 0 Å². The molecule has 2 aromatic rings. The number of ether oxygens (including phenoxy) is 5. The molecule has 5 unspecified atom stereocenters. The number of nitrogens with one attached hydrogen (secondary N) is 7. The van der Waals surface area contributed by atoms with Gasteiger partial charge in [0.1, 0.15) is 121 Å². The molecule has 37 nitrogen and oxygen atoms in total. The lowest BCUT2D eigenvalue weighted by atomic mass is 9.92. The molecule has 6 amide bonds. The van der Waals surface area contributed by atoms with E-state index in [1.165, 1.54) is 43.3 Å². The van der Waals surface area contributed by atoms with Gasteiger partial charge in [-0.1, -0.05) is 42.8 Å². The number of rotatable bonds is 17. The summed E-state index contributed by atoms with van der Waals surface area (Å²) in [6, 6.07) is -1.54. The number of aliphatic hydroxyl groups is 14. The topological polar surface area (TPSA) is 596 Å². The van der Waals surface area contributed by atoms with E-state index in [2.05, 4.69) is 47.2 Å². The maximum atomic E-state index is 15.1. The van der Waals surface area contributed by atoms with Crippen LogP contribution in [0.3, 0.4) is 0 Å². The minimum atomic E-state index is -2.36. The summed E-state index contributed by atoms with van der Waals surface area (Å²) in [5.74, 6) is -9.20. The molecule has 6 aliphatic heterocycles. The Morgan fingerprint density at radius 2 is 1.15 bits per heavy atom. The number of nitrogens with two attached hydrogens (primary N) is 2. The highest BCUT2D eigenvalue weighted by atomic mass is 35.5. The second-order valence-electron chi connectivity index (χ2n) is 22.7. The van der Waals surface area contributed by atoms with Gasteiger partial charge in [-0.05, 0) is 35.4 Å². The summed E-state index contributed by atoms with van der Waals surface area (Å²) in [6.07, 6.45) is -31.8. The average Bonchev–Trinajstić information content (AvgIpc) is 1.45. The lowest BCUT2D eigenvalue weighted by molar-refractivity contribution is -0.352. The van der Waals surface area contributed by atoms with Crippen LogP contribution in [0.2, 0.25) is 5.02 Å². The van der Waals surface area contributed by atoms with Gasteiger partial charge in [0, 0.05) is 17.4 Å². The first kappa shape index (κ1) is 71.0. The van der Waals surface area contributed by atoms with Crippen LogP contribution < -0.4 is 53.4 Å². The second-order valence-corrected chi connectivity index (χ2v) is 23.1. The quantitative estimate of drug-likeness (QED) is 0.0699. The molecule has 510 valence electrons. The largest absolute Gasteiger partial charge is 0.462 e. The lowest BCUT2D eigenvalue weighted by Crippen LogP contribution is -2.70. The molecule has 0 aromatic heterocycles. The van der Waals surface area contributed by atoms with Crippen molar-refractivity contribution >= 4 is 59.0 Å². The summed E-state index contributed by atoms with van der Waals surface area (Å²) in [5, 5.41) is 168. The zero-order valence-electron chi connectivity index (χ0n) is 48.8. The first-order chi connectivity index (χ1) is 43.7. The fourth-order valence-corrected chi connectivity index (χ4v) is 11.3. The SMILES string of the molecule is CC(c1ccc(Cl)cc1)[C@@H]1NC(=O)CNC(=O)[C@H](CO)NC(=O)[C@@H](C(O)C2CN=C(N)N2[C@H]2O[C@H](CO)[C@@H](O)[C@H](O)[C@@H]2O)NC(=O)[C@H](C(O)C2CN=C(N)N2)NC(=O)[C@@H](Cc2ccc(O[C@H]3O[C@H](CO)[C@@H](O[C@H]4O[C@H](CO)[C@@H](O)[C@H](O)[C@@H]4O)[C@H](O)[C@@H]3O)cc2)NC1=O. The molecular formula is C54H77ClN12O25. The second kappa shape index (κ2) is 30.9. The number of carbonyl (C=O) groups is 6. The van der Waals surface area contributed by atoms with Crippen molar-refractivity contribution in [3.05, 3.63) is 64.7 Å². The van der Waals surface area contributed by atoms with Crippen LogP contribution in [0.1, 0.15) is 24.0 Å². The molecule has 8 rings (SSSR count). The number of halogens is 1. The van der Waals surface area contributed by atoms with Crippen molar-refractivity contribution in [3.8, 4) is 5.75 Å². The third-order valence-electron chi connectivity index (χ3n) is 16.6. The average molecular weight is 1330 g/mol. The molecule has 0 spiro atoms. The van der Waals surface area contributed by atoms with E-state index in [0.717, 1.165) is 4.90 Å². The van der Waals surface area contributed by atoms with Crippen molar-refractivity contribution in [2.45, 2.75) is 166 Å². The summed E-state index contributed by atoms with van der Waals surface area (Å²) in [5.41, 5.74) is 12.7. The van der Waals surface area contributed by atoms with Crippen LogP contribution >= 0.6 is 11.6 Å². The van der Waals surface area contributed by atoms with E-state index >= 15 is 9.59 Å². The zero-order valence-corrected chi connectivity index (χ0v) is 49.6. The van der Waals surface area contributed by atoms with Crippen LogP contribution in [0.4, 0.5) is 0 Å². The number of benzene rings is 2. The van der Waals surface area contributed by atoms with Crippen LogP contribution in [0.15, 0.2) is 58.5 Å². The minimum Gasteiger partial charge on any atom is -0.462 e. The third-order valence-corrected chi connectivity index (χ3v) is 16.8. The molecule has 4 saturated heterocycles. The van der Waals surface area contributed by atoms with Gasteiger partial charge in [0.25, 0.3) is 0 Å². The molecule has 0 bridgehead atoms. The van der Waals surface area contributed by atoms with Crippen LogP contribution in [0.5, 0.6) is 5.75 Å². The van der Waals surface area contributed by atoms with Gasteiger partial charge in [-0.3, -0.25) is 38.8 Å². The monoisotopic (exact) mass is 1330 g/mol. The van der Waals surface area contributed by atoms with Crippen molar-refractivity contribution in [3.63, 3.8) is 0 Å². The Kier molecular flexibility index (Phi) is 23.9. The highest BCUT2D eigenvalue weighted by molar-refractivity contribution is 6.30. The smallest absolute Gasteiger partial charge is 0.246 e. The van der Waals surface area contributed by atoms with E-state index in [0.29, 0.717) is 10.6 Å². The zero-order chi connectivity index (χ0) is 67.2. The van der Waals surface area contributed by atoms with Crippen LogP contribution in [0, 0.1) is 0 Å². The standard InChI is InChI=1S/C54H77ClN12O25/c1-18(20-4-6-21(55)7-5-20)31-47(85)61-23(10-19-2-8-22(9-3-19)88-51-43(82)40(79)44(29(17-71)91-51)92-52-42(81)39(78)37(76)28(16-70)90-52)46(84)65-32(34(73)24-11-59-53(56)63-24)49(87)66-33(48(86)62-25(14-68)45(83)58-13-30(72)64-31)35(74)26-12-60-54(57)67(26)50-41(80)38(77)36(75)27(15-69)89-50/h2-9,18,23-29,31-44,50-52,68-71,73-82H,10-17H2,1H3,(H2,57,60)(H,58,83)(H,61,85)(H,62,86)(H,64,72)(H,65,84)(H,66,87)(H3,56,59,63)/t18?,23-,24?,25+,26?,27-,28-,29-,31+,32+,33-,34?,35?,36-,37-,38+,39+,40-,41+,42+,43+,44-,50+,51+,52-/m1/s1. The fraction of sp³-hybridized carbons (Fsp3) is 0.630.